The lowest BCUT2D eigenvalue weighted by molar-refractivity contribution is -0.929. The zero-order valence-electron chi connectivity index (χ0n) is 25.9. The van der Waals surface area contributed by atoms with Crippen molar-refractivity contribution >= 4 is 33.5 Å². The van der Waals surface area contributed by atoms with Gasteiger partial charge < -0.3 is 19.5 Å². The van der Waals surface area contributed by atoms with Gasteiger partial charge in [-0.3, -0.25) is 0 Å². The maximum Gasteiger partial charge on any atom is 0.336 e. The van der Waals surface area contributed by atoms with Gasteiger partial charge >= 0.3 is 5.97 Å². The Bertz CT molecular complexity index is 895. The number of quaternary nitrogens is 1. The molecule has 230 valence electrons. The van der Waals surface area contributed by atoms with Crippen molar-refractivity contribution in [1.82, 2.24) is 0 Å². The number of benzene rings is 2. The standard InChI is InChI=1S/C20H44N.C14H10O4S2/c1-5-9-13-17-21(18-14-10-6-2,19-15-11-7-3)20-16-12-8-4;15-13(16)9-5-1-3-7-11(9)19-20-12-8-4-2-6-10(12)14(17)18/h5-20H2,1-4H3;1-8H,(H,15,16)(H,17,18)/q+1;/p-1. The van der Waals surface area contributed by atoms with E-state index in [0.29, 0.717) is 9.79 Å². The molecule has 0 spiro atoms. The van der Waals surface area contributed by atoms with Gasteiger partial charge in [-0.1, -0.05) is 105 Å². The molecule has 0 bridgehead atoms. The van der Waals surface area contributed by atoms with Gasteiger partial charge in [0.2, 0.25) is 0 Å². The number of hydrogen-bond donors (Lipinski definition) is 1. The van der Waals surface area contributed by atoms with E-state index in [1.54, 1.807) is 36.4 Å². The number of rotatable bonds is 21. The van der Waals surface area contributed by atoms with E-state index in [-0.39, 0.29) is 11.1 Å². The summed E-state index contributed by atoms with van der Waals surface area (Å²) in [6.07, 6.45) is 16.9. The molecular weight excluding hydrogens is 551 g/mol. The summed E-state index contributed by atoms with van der Waals surface area (Å²) in [6, 6.07) is 13.0. The van der Waals surface area contributed by atoms with E-state index in [0.717, 1.165) is 0 Å². The number of carboxylic acids is 2. The van der Waals surface area contributed by atoms with Gasteiger partial charge in [-0.2, -0.15) is 0 Å². The molecule has 2 rings (SSSR count). The van der Waals surface area contributed by atoms with Crippen LogP contribution in [0.3, 0.4) is 0 Å². The van der Waals surface area contributed by atoms with Gasteiger partial charge in [-0.15, -0.1) is 0 Å². The predicted octanol–water partition coefficient (Wildman–Crippen LogP) is 9.11. The first-order chi connectivity index (χ1) is 19.8. The van der Waals surface area contributed by atoms with Crippen molar-refractivity contribution in [3.63, 3.8) is 0 Å². The first kappa shape index (κ1) is 37.1. The zero-order valence-corrected chi connectivity index (χ0v) is 27.5. The van der Waals surface area contributed by atoms with Crippen LogP contribution in [0.1, 0.15) is 125 Å². The highest BCUT2D eigenvalue weighted by Crippen LogP contribution is 2.40. The van der Waals surface area contributed by atoms with Crippen LogP contribution < -0.4 is 5.11 Å². The summed E-state index contributed by atoms with van der Waals surface area (Å²) in [4.78, 5) is 23.2. The molecule has 0 unspecified atom stereocenters. The third kappa shape index (κ3) is 15.2. The van der Waals surface area contributed by atoms with E-state index in [9.17, 15) is 14.7 Å². The van der Waals surface area contributed by atoms with Crippen molar-refractivity contribution in [1.29, 1.82) is 0 Å². The molecule has 41 heavy (non-hydrogen) atoms. The van der Waals surface area contributed by atoms with E-state index in [2.05, 4.69) is 27.7 Å². The predicted molar refractivity (Wildman–Crippen MR) is 174 cm³/mol. The molecule has 0 radical (unpaired) electrons. The molecule has 0 saturated carbocycles. The second-order valence-electron chi connectivity index (χ2n) is 10.8. The minimum absolute atomic E-state index is 0.0952. The highest BCUT2D eigenvalue weighted by Gasteiger charge is 2.25. The molecule has 0 fully saturated rings. The summed E-state index contributed by atoms with van der Waals surface area (Å²) in [5, 5.41) is 20.1. The average Bonchev–Trinajstić information content (AvgIpc) is 2.97. The number of hydrogen-bond acceptors (Lipinski definition) is 5. The summed E-state index contributed by atoms with van der Waals surface area (Å²) in [5.74, 6) is -2.26. The highest BCUT2D eigenvalue weighted by atomic mass is 33.1. The number of nitrogens with zero attached hydrogens (tertiary/aromatic N) is 1. The first-order valence-corrected chi connectivity index (χ1v) is 17.8. The van der Waals surface area contributed by atoms with E-state index in [1.807, 2.05) is 0 Å². The molecule has 0 amide bonds. The number of carboxylic acid groups (broad SMARTS) is 2. The molecule has 7 heteroatoms. The topological polar surface area (TPSA) is 77.4 Å². The van der Waals surface area contributed by atoms with E-state index >= 15 is 0 Å². The van der Waals surface area contributed by atoms with Crippen LogP contribution in [0.25, 0.3) is 0 Å². The molecule has 0 aliphatic carbocycles. The fourth-order valence-electron chi connectivity index (χ4n) is 4.97. The number of carbonyl (C=O) groups excluding carboxylic acids is 1. The fourth-order valence-corrected chi connectivity index (χ4v) is 7.32. The maximum absolute atomic E-state index is 11.1. The van der Waals surface area contributed by atoms with Crippen LogP contribution in [0.2, 0.25) is 0 Å². The Morgan fingerprint density at radius 2 is 0.951 bits per heavy atom. The molecule has 0 atom stereocenters. The Kier molecular flexibility index (Phi) is 20.4. The van der Waals surface area contributed by atoms with Crippen molar-refractivity contribution in [3.8, 4) is 0 Å². The Hall–Kier alpha value is -1.96. The zero-order chi connectivity index (χ0) is 30.3. The Balaban J connectivity index is 0.000000410. The molecule has 5 nitrogen and oxygen atoms in total. The van der Waals surface area contributed by atoms with Crippen LogP contribution in [0, 0.1) is 0 Å². The number of aromatic carboxylic acids is 2. The fraction of sp³-hybridized carbons (Fsp3) is 0.588. The molecule has 2 aromatic carbocycles. The van der Waals surface area contributed by atoms with Crippen LogP contribution in [0.4, 0.5) is 0 Å². The van der Waals surface area contributed by atoms with Crippen molar-refractivity contribution in [2.45, 2.75) is 115 Å². The first-order valence-electron chi connectivity index (χ1n) is 15.7. The number of unbranched alkanes of at least 4 members (excludes halogenated alkanes) is 8. The third-order valence-electron chi connectivity index (χ3n) is 7.39. The lowest BCUT2D eigenvalue weighted by atomic mass is 10.1. The van der Waals surface area contributed by atoms with E-state index in [1.165, 1.54) is 141 Å². The molecule has 2 aromatic rings. The van der Waals surface area contributed by atoms with Gasteiger partial charge in [0.15, 0.2) is 0 Å². The van der Waals surface area contributed by atoms with Crippen LogP contribution in [0.15, 0.2) is 58.3 Å². The SMILES string of the molecule is CCCCC[N+](CCCCC)(CCCCC)CCCCC.O=C([O-])c1ccccc1SSc1ccccc1C(=O)O. The lowest BCUT2D eigenvalue weighted by Crippen LogP contribution is -2.50. The minimum Gasteiger partial charge on any atom is -0.545 e. The normalized spacial score (nSPS) is 11.1. The third-order valence-corrected chi connectivity index (χ3v) is 9.87. The van der Waals surface area contributed by atoms with Crippen LogP contribution in [-0.4, -0.2) is 47.7 Å². The largest absolute Gasteiger partial charge is 0.545 e. The molecule has 0 aliphatic rings. The lowest BCUT2D eigenvalue weighted by Gasteiger charge is -2.39. The summed E-state index contributed by atoms with van der Waals surface area (Å²) < 4.78 is 1.44. The van der Waals surface area contributed by atoms with Gasteiger partial charge in [-0.05, 0) is 69.6 Å². The van der Waals surface area contributed by atoms with E-state index in [4.69, 9.17) is 5.11 Å². The van der Waals surface area contributed by atoms with Gasteiger partial charge in [0, 0.05) is 15.4 Å². The summed E-state index contributed by atoms with van der Waals surface area (Å²) in [6.45, 7) is 15.1. The monoisotopic (exact) mass is 603 g/mol. The van der Waals surface area contributed by atoms with Gasteiger partial charge in [-0.25, -0.2) is 4.79 Å². The molecule has 0 saturated heterocycles. The molecular formula is C34H53NO4S2. The van der Waals surface area contributed by atoms with Gasteiger partial charge in [0.25, 0.3) is 0 Å². The summed E-state index contributed by atoms with van der Waals surface area (Å²) in [7, 11) is 2.40. The minimum atomic E-state index is -1.25. The second kappa shape index (κ2) is 22.6. The smallest absolute Gasteiger partial charge is 0.336 e. The van der Waals surface area contributed by atoms with Crippen molar-refractivity contribution in [3.05, 3.63) is 59.7 Å². The van der Waals surface area contributed by atoms with Crippen LogP contribution in [-0.2, 0) is 0 Å². The van der Waals surface area contributed by atoms with E-state index < -0.39 is 11.9 Å². The molecule has 0 aliphatic heterocycles. The van der Waals surface area contributed by atoms with Gasteiger partial charge in [0.05, 0.1) is 37.7 Å². The summed E-state index contributed by atoms with van der Waals surface area (Å²) >= 11 is 0. The Labute approximate surface area is 257 Å². The Morgan fingerprint density at radius 1 is 0.610 bits per heavy atom. The maximum atomic E-state index is 11.1. The average molecular weight is 604 g/mol. The Morgan fingerprint density at radius 3 is 1.29 bits per heavy atom. The van der Waals surface area contributed by atoms with Crippen molar-refractivity contribution in [2.75, 3.05) is 26.2 Å². The molecule has 0 heterocycles. The van der Waals surface area contributed by atoms with Gasteiger partial charge in [0.1, 0.15) is 0 Å². The van der Waals surface area contributed by atoms with Crippen LogP contribution >= 0.6 is 21.6 Å². The second-order valence-corrected chi connectivity index (χ2v) is 13.0. The molecule has 1 N–H and O–H groups in total. The van der Waals surface area contributed by atoms with Crippen molar-refractivity contribution < 1.29 is 24.3 Å². The number of carbonyl (C=O) groups is 2. The molecule has 0 aromatic heterocycles. The van der Waals surface area contributed by atoms with Crippen molar-refractivity contribution in [2.24, 2.45) is 0 Å². The summed E-state index contributed by atoms with van der Waals surface area (Å²) in [5.41, 5.74) is 0.286. The van der Waals surface area contributed by atoms with Crippen LogP contribution in [0.5, 0.6) is 0 Å². The quantitative estimate of drug-likeness (QED) is 0.0871. The highest BCUT2D eigenvalue weighted by molar-refractivity contribution is 8.76.